The van der Waals surface area contributed by atoms with E-state index in [0.717, 1.165) is 23.4 Å². The summed E-state index contributed by atoms with van der Waals surface area (Å²) in [6, 6.07) is 16.7. The summed E-state index contributed by atoms with van der Waals surface area (Å²) in [7, 11) is 1.67. The molecule has 0 amide bonds. The fourth-order valence-corrected chi connectivity index (χ4v) is 1.60. The standard InChI is InChI=1S/C14H14NO/c1-16-13-8-6-11(7-9-13)10-12-4-2-3-5-14(12)15/h2,4-9H,10,15H2,1H3. The number of ether oxygens (including phenoxy) is 1. The van der Waals surface area contributed by atoms with Gasteiger partial charge >= 0.3 is 0 Å². The quantitative estimate of drug-likeness (QED) is 0.794. The second kappa shape index (κ2) is 4.71. The van der Waals surface area contributed by atoms with Crippen molar-refractivity contribution in [3.8, 4) is 5.75 Å². The number of nitrogens with two attached hydrogens (primary N) is 1. The zero-order valence-corrected chi connectivity index (χ0v) is 9.23. The van der Waals surface area contributed by atoms with E-state index in [1.165, 1.54) is 5.56 Å². The van der Waals surface area contributed by atoms with E-state index in [2.05, 4.69) is 18.2 Å². The zero-order valence-electron chi connectivity index (χ0n) is 9.23. The predicted octanol–water partition coefficient (Wildman–Crippen LogP) is 2.67. The molecule has 16 heavy (non-hydrogen) atoms. The maximum atomic E-state index is 5.87. The van der Waals surface area contributed by atoms with Gasteiger partial charge in [0.05, 0.1) is 7.11 Å². The van der Waals surface area contributed by atoms with Gasteiger partial charge in [0.2, 0.25) is 0 Å². The number of benzene rings is 2. The second-order valence-electron chi connectivity index (χ2n) is 3.65. The minimum absolute atomic E-state index is 0.790. The van der Waals surface area contributed by atoms with E-state index in [-0.39, 0.29) is 0 Å². The maximum absolute atomic E-state index is 5.87. The lowest BCUT2D eigenvalue weighted by Crippen LogP contribution is -1.95. The molecule has 2 heteroatoms. The second-order valence-corrected chi connectivity index (χ2v) is 3.65. The van der Waals surface area contributed by atoms with Gasteiger partial charge in [-0.05, 0) is 41.8 Å². The summed E-state index contributed by atoms with van der Waals surface area (Å²) < 4.78 is 5.11. The first-order chi connectivity index (χ1) is 7.79. The van der Waals surface area contributed by atoms with Gasteiger partial charge in [0.15, 0.2) is 0 Å². The Labute approximate surface area is 95.7 Å². The Morgan fingerprint density at radius 2 is 1.94 bits per heavy atom. The number of methoxy groups -OCH3 is 1. The molecule has 0 aliphatic rings. The van der Waals surface area contributed by atoms with Crippen LogP contribution in [0.2, 0.25) is 0 Å². The molecule has 0 spiro atoms. The number of nitrogen functional groups attached to an aromatic ring is 1. The first-order valence-electron chi connectivity index (χ1n) is 5.17. The van der Waals surface area contributed by atoms with Crippen LogP contribution in [-0.2, 0) is 6.42 Å². The van der Waals surface area contributed by atoms with Crippen molar-refractivity contribution in [3.05, 3.63) is 59.7 Å². The van der Waals surface area contributed by atoms with Crippen LogP contribution in [0.15, 0.2) is 42.5 Å². The molecule has 2 aromatic rings. The van der Waals surface area contributed by atoms with Crippen molar-refractivity contribution >= 4 is 5.69 Å². The Bertz CT molecular complexity index is 462. The molecule has 0 saturated carbocycles. The van der Waals surface area contributed by atoms with E-state index in [0.29, 0.717) is 0 Å². The molecule has 2 rings (SSSR count). The third-order valence-corrected chi connectivity index (χ3v) is 2.54. The molecule has 0 heterocycles. The Morgan fingerprint density at radius 3 is 2.56 bits per heavy atom. The first kappa shape index (κ1) is 10.6. The number of hydrogen-bond acceptors (Lipinski definition) is 2. The van der Waals surface area contributed by atoms with Gasteiger partial charge in [-0.1, -0.05) is 24.3 Å². The smallest absolute Gasteiger partial charge is 0.118 e. The predicted molar refractivity (Wildman–Crippen MR) is 65.5 cm³/mol. The fraction of sp³-hybridized carbons (Fsp3) is 0.143. The molecule has 2 nitrogen and oxygen atoms in total. The molecule has 1 radical (unpaired) electrons. The van der Waals surface area contributed by atoms with Gasteiger partial charge in [0.25, 0.3) is 0 Å². The highest BCUT2D eigenvalue weighted by Gasteiger charge is 2.00. The van der Waals surface area contributed by atoms with Crippen LogP contribution in [0.25, 0.3) is 0 Å². The average molecular weight is 212 g/mol. The topological polar surface area (TPSA) is 35.2 Å². The lowest BCUT2D eigenvalue weighted by molar-refractivity contribution is 0.414. The molecule has 0 unspecified atom stereocenters. The molecule has 0 bridgehead atoms. The van der Waals surface area contributed by atoms with Gasteiger partial charge in [-0.2, -0.15) is 0 Å². The van der Waals surface area contributed by atoms with E-state index in [1.807, 2.05) is 24.3 Å². The molecule has 0 aliphatic carbocycles. The van der Waals surface area contributed by atoms with Crippen LogP contribution in [0.5, 0.6) is 5.75 Å². The summed E-state index contributed by atoms with van der Waals surface area (Å²) in [5.41, 5.74) is 9.01. The van der Waals surface area contributed by atoms with Crippen LogP contribution in [0.4, 0.5) is 5.69 Å². The molecule has 81 valence electrons. The highest BCUT2D eigenvalue weighted by molar-refractivity contribution is 5.48. The molecule has 0 fully saturated rings. The highest BCUT2D eigenvalue weighted by Crippen LogP contribution is 2.18. The van der Waals surface area contributed by atoms with Crippen molar-refractivity contribution < 1.29 is 4.74 Å². The lowest BCUT2D eigenvalue weighted by atomic mass is 10.0. The van der Waals surface area contributed by atoms with Crippen molar-refractivity contribution in [2.75, 3.05) is 12.8 Å². The molecule has 0 aliphatic heterocycles. The SMILES string of the molecule is COc1ccc(Cc2cc[c]cc2N)cc1. The Balaban J connectivity index is 2.18. The summed E-state index contributed by atoms with van der Waals surface area (Å²) in [5, 5.41) is 0. The van der Waals surface area contributed by atoms with E-state index in [1.54, 1.807) is 13.2 Å². The molecule has 0 atom stereocenters. The minimum atomic E-state index is 0.790. The molecule has 0 aromatic heterocycles. The number of anilines is 1. The molecular formula is C14H14NO. The molecule has 0 saturated heterocycles. The normalized spacial score (nSPS) is 10.1. The third-order valence-electron chi connectivity index (χ3n) is 2.54. The maximum Gasteiger partial charge on any atom is 0.118 e. The first-order valence-corrected chi connectivity index (χ1v) is 5.17. The Morgan fingerprint density at radius 1 is 1.19 bits per heavy atom. The Hall–Kier alpha value is -1.96. The number of rotatable bonds is 3. The van der Waals surface area contributed by atoms with E-state index >= 15 is 0 Å². The van der Waals surface area contributed by atoms with Gasteiger partial charge in [0, 0.05) is 5.69 Å². The fourth-order valence-electron chi connectivity index (χ4n) is 1.60. The van der Waals surface area contributed by atoms with Crippen molar-refractivity contribution in [1.29, 1.82) is 0 Å². The van der Waals surface area contributed by atoms with E-state index in [9.17, 15) is 0 Å². The van der Waals surface area contributed by atoms with Crippen LogP contribution < -0.4 is 10.5 Å². The molecular weight excluding hydrogens is 198 g/mol. The third kappa shape index (κ3) is 2.34. The number of hydrogen-bond donors (Lipinski definition) is 1. The largest absolute Gasteiger partial charge is 0.497 e. The average Bonchev–Trinajstić information content (AvgIpc) is 2.33. The summed E-state index contributed by atoms with van der Waals surface area (Å²) in [6.45, 7) is 0. The molecule has 2 aromatic carbocycles. The van der Waals surface area contributed by atoms with Gasteiger partial charge in [-0.15, -0.1) is 0 Å². The van der Waals surface area contributed by atoms with Crippen LogP contribution in [0.1, 0.15) is 11.1 Å². The van der Waals surface area contributed by atoms with Crippen molar-refractivity contribution in [1.82, 2.24) is 0 Å². The lowest BCUT2D eigenvalue weighted by Gasteiger charge is -2.06. The summed E-state index contributed by atoms with van der Waals surface area (Å²) in [6.07, 6.45) is 0.838. The summed E-state index contributed by atoms with van der Waals surface area (Å²) in [4.78, 5) is 0. The van der Waals surface area contributed by atoms with Crippen molar-refractivity contribution in [3.63, 3.8) is 0 Å². The summed E-state index contributed by atoms with van der Waals surface area (Å²) in [5.74, 6) is 0.873. The Kier molecular flexibility index (Phi) is 3.10. The van der Waals surface area contributed by atoms with Crippen LogP contribution in [-0.4, -0.2) is 7.11 Å². The van der Waals surface area contributed by atoms with Gasteiger partial charge in [-0.25, -0.2) is 0 Å². The monoisotopic (exact) mass is 212 g/mol. The summed E-state index contributed by atoms with van der Waals surface area (Å²) >= 11 is 0. The molecule has 2 N–H and O–H groups in total. The van der Waals surface area contributed by atoms with Crippen LogP contribution >= 0.6 is 0 Å². The highest BCUT2D eigenvalue weighted by atomic mass is 16.5. The van der Waals surface area contributed by atoms with Crippen molar-refractivity contribution in [2.24, 2.45) is 0 Å². The van der Waals surface area contributed by atoms with E-state index in [4.69, 9.17) is 10.5 Å². The van der Waals surface area contributed by atoms with Crippen LogP contribution in [0, 0.1) is 6.07 Å². The van der Waals surface area contributed by atoms with Gasteiger partial charge in [0.1, 0.15) is 5.75 Å². The van der Waals surface area contributed by atoms with Gasteiger partial charge in [-0.3, -0.25) is 0 Å². The van der Waals surface area contributed by atoms with Gasteiger partial charge < -0.3 is 10.5 Å². The van der Waals surface area contributed by atoms with E-state index < -0.39 is 0 Å². The van der Waals surface area contributed by atoms with Crippen LogP contribution in [0.3, 0.4) is 0 Å². The zero-order chi connectivity index (χ0) is 11.4. The minimum Gasteiger partial charge on any atom is -0.497 e. The van der Waals surface area contributed by atoms with Crippen molar-refractivity contribution in [2.45, 2.75) is 6.42 Å².